The molecule has 2 saturated heterocycles. The highest BCUT2D eigenvalue weighted by atomic mass is 32.2. The van der Waals surface area contributed by atoms with E-state index in [4.69, 9.17) is 9.47 Å². The lowest BCUT2D eigenvalue weighted by molar-refractivity contribution is 0.0339. The molecule has 0 radical (unpaired) electrons. The molecule has 35 heavy (non-hydrogen) atoms. The summed E-state index contributed by atoms with van der Waals surface area (Å²) in [6.07, 6.45) is 1.35. The molecule has 188 valence electrons. The molecule has 4 atom stereocenters. The van der Waals surface area contributed by atoms with Gasteiger partial charge in [0.05, 0.1) is 18.8 Å². The van der Waals surface area contributed by atoms with Crippen molar-refractivity contribution < 1.29 is 22.7 Å². The Morgan fingerprint density at radius 2 is 1.74 bits per heavy atom. The molecule has 0 spiro atoms. The fourth-order valence-corrected chi connectivity index (χ4v) is 7.12. The number of piperidine rings is 1. The van der Waals surface area contributed by atoms with Gasteiger partial charge in [0, 0.05) is 25.8 Å². The Kier molecular flexibility index (Phi) is 6.63. The van der Waals surface area contributed by atoms with Crippen molar-refractivity contribution in [3.63, 3.8) is 0 Å². The SMILES string of the molecule is CCc1cccc(C)c1C(=O)N1CC(OC)C(Oc2cccc(CS(=O)(=O)N3CC4CC4C3)c2)C1. The summed E-state index contributed by atoms with van der Waals surface area (Å²) in [6, 6.07) is 13.2. The van der Waals surface area contributed by atoms with Gasteiger partial charge in [-0.3, -0.25) is 4.79 Å². The number of ether oxygens (including phenoxy) is 2. The van der Waals surface area contributed by atoms with Crippen molar-refractivity contribution in [1.29, 1.82) is 0 Å². The van der Waals surface area contributed by atoms with Crippen LogP contribution in [0.5, 0.6) is 5.75 Å². The van der Waals surface area contributed by atoms with Gasteiger partial charge < -0.3 is 14.4 Å². The van der Waals surface area contributed by atoms with Gasteiger partial charge in [0.15, 0.2) is 0 Å². The molecule has 1 amide bonds. The van der Waals surface area contributed by atoms with Gasteiger partial charge in [-0.25, -0.2) is 12.7 Å². The van der Waals surface area contributed by atoms with Gasteiger partial charge in [0.1, 0.15) is 18.0 Å². The first-order chi connectivity index (χ1) is 16.8. The molecule has 0 bridgehead atoms. The molecule has 0 N–H and O–H groups in total. The highest BCUT2D eigenvalue weighted by molar-refractivity contribution is 7.88. The first-order valence-corrected chi connectivity index (χ1v) is 14.0. The number of methoxy groups -OCH3 is 1. The summed E-state index contributed by atoms with van der Waals surface area (Å²) >= 11 is 0. The number of rotatable bonds is 8. The standard InChI is InChI=1S/C27H34N2O5S/c1-4-20-9-5-7-18(2)26(20)27(30)28-15-24(33-3)25(16-28)34-23-10-6-8-19(11-23)17-35(31,32)29-13-21-12-22(21)14-29/h5-11,21-22,24-25H,4,12-17H2,1-3H3. The van der Waals surface area contributed by atoms with Gasteiger partial charge >= 0.3 is 0 Å². The van der Waals surface area contributed by atoms with Crippen molar-refractivity contribution >= 4 is 15.9 Å². The van der Waals surface area contributed by atoms with Crippen LogP contribution in [-0.4, -0.2) is 69.0 Å². The molecule has 2 aromatic rings. The van der Waals surface area contributed by atoms with Crippen molar-refractivity contribution in [2.75, 3.05) is 33.3 Å². The third kappa shape index (κ3) is 4.97. The second-order valence-electron chi connectivity index (χ2n) is 10.1. The van der Waals surface area contributed by atoms with Crippen molar-refractivity contribution in [2.45, 2.75) is 44.6 Å². The minimum atomic E-state index is -3.34. The molecule has 4 unspecified atom stereocenters. The van der Waals surface area contributed by atoms with Gasteiger partial charge in [-0.15, -0.1) is 0 Å². The first-order valence-electron chi connectivity index (χ1n) is 12.4. The van der Waals surface area contributed by atoms with Crippen LogP contribution >= 0.6 is 0 Å². The fraction of sp³-hybridized carbons (Fsp3) is 0.519. The van der Waals surface area contributed by atoms with E-state index in [2.05, 4.69) is 6.92 Å². The molecule has 2 aromatic carbocycles. The van der Waals surface area contributed by atoms with E-state index in [0.717, 1.165) is 23.1 Å². The van der Waals surface area contributed by atoms with Gasteiger partial charge in [-0.2, -0.15) is 0 Å². The number of amides is 1. The van der Waals surface area contributed by atoms with Gasteiger partial charge in [-0.1, -0.05) is 37.3 Å². The summed E-state index contributed by atoms with van der Waals surface area (Å²) in [7, 11) is -1.71. The van der Waals surface area contributed by atoms with Crippen molar-refractivity contribution in [3.8, 4) is 5.75 Å². The average Bonchev–Trinajstić information content (AvgIpc) is 3.23. The first kappa shape index (κ1) is 24.3. The fourth-order valence-electron chi connectivity index (χ4n) is 5.50. The molecule has 1 saturated carbocycles. The van der Waals surface area contributed by atoms with Crippen LogP contribution in [0, 0.1) is 18.8 Å². The second-order valence-corrected chi connectivity index (χ2v) is 12.0. The Labute approximate surface area is 208 Å². The molecule has 8 heteroatoms. The van der Waals surface area contributed by atoms with E-state index in [9.17, 15) is 13.2 Å². The normalized spacial score (nSPS) is 26.1. The van der Waals surface area contributed by atoms with Crippen LogP contribution in [0.15, 0.2) is 42.5 Å². The number of carbonyl (C=O) groups is 1. The van der Waals surface area contributed by atoms with E-state index in [0.29, 0.717) is 49.3 Å². The molecule has 3 aliphatic rings. The lowest BCUT2D eigenvalue weighted by Crippen LogP contribution is -2.32. The Hall–Kier alpha value is -2.42. The van der Waals surface area contributed by atoms with Crippen LogP contribution in [0.1, 0.15) is 40.4 Å². The summed E-state index contributed by atoms with van der Waals surface area (Å²) in [5.41, 5.74) is 3.47. The molecule has 5 rings (SSSR count). The van der Waals surface area contributed by atoms with E-state index in [1.165, 1.54) is 6.42 Å². The van der Waals surface area contributed by atoms with E-state index in [-0.39, 0.29) is 23.9 Å². The Bertz CT molecular complexity index is 1200. The molecule has 2 heterocycles. The van der Waals surface area contributed by atoms with Crippen LogP contribution in [-0.2, 0) is 26.9 Å². The van der Waals surface area contributed by atoms with Crippen LogP contribution in [0.25, 0.3) is 0 Å². The molecule has 1 aliphatic carbocycles. The minimum Gasteiger partial charge on any atom is -0.486 e. The van der Waals surface area contributed by atoms with Crippen molar-refractivity contribution in [3.05, 3.63) is 64.7 Å². The zero-order valence-corrected chi connectivity index (χ0v) is 21.5. The Balaban J connectivity index is 1.27. The highest BCUT2D eigenvalue weighted by Gasteiger charge is 2.48. The number of likely N-dealkylation sites (tertiary alicyclic amines) is 1. The predicted molar refractivity (Wildman–Crippen MR) is 134 cm³/mol. The summed E-state index contributed by atoms with van der Waals surface area (Å²) in [4.78, 5) is 15.2. The molecule has 7 nitrogen and oxygen atoms in total. The van der Waals surface area contributed by atoms with E-state index in [1.54, 1.807) is 22.4 Å². The van der Waals surface area contributed by atoms with Crippen molar-refractivity contribution in [2.24, 2.45) is 11.8 Å². The number of hydrogen-bond donors (Lipinski definition) is 0. The van der Waals surface area contributed by atoms with Crippen LogP contribution in [0.3, 0.4) is 0 Å². The zero-order chi connectivity index (χ0) is 24.7. The van der Waals surface area contributed by atoms with Crippen LogP contribution in [0.2, 0.25) is 0 Å². The smallest absolute Gasteiger partial charge is 0.254 e. The van der Waals surface area contributed by atoms with Gasteiger partial charge in [0.2, 0.25) is 10.0 Å². The summed E-state index contributed by atoms with van der Waals surface area (Å²) in [5, 5.41) is 0. The lowest BCUT2D eigenvalue weighted by atomic mass is 9.99. The monoisotopic (exact) mass is 498 g/mol. The Morgan fingerprint density at radius 3 is 2.46 bits per heavy atom. The molecule has 0 aromatic heterocycles. The number of benzene rings is 2. The van der Waals surface area contributed by atoms with E-state index < -0.39 is 10.0 Å². The average molecular weight is 499 g/mol. The molecular formula is C27H34N2O5S. The topological polar surface area (TPSA) is 76.1 Å². The minimum absolute atomic E-state index is 0.00314. The maximum Gasteiger partial charge on any atom is 0.254 e. The lowest BCUT2D eigenvalue weighted by Gasteiger charge is -2.20. The van der Waals surface area contributed by atoms with Crippen LogP contribution < -0.4 is 4.74 Å². The van der Waals surface area contributed by atoms with E-state index >= 15 is 0 Å². The third-order valence-corrected chi connectivity index (χ3v) is 9.42. The number of hydrogen-bond acceptors (Lipinski definition) is 5. The van der Waals surface area contributed by atoms with Crippen molar-refractivity contribution in [1.82, 2.24) is 9.21 Å². The number of fused-ring (bicyclic) bond motifs is 1. The molecular weight excluding hydrogens is 464 g/mol. The van der Waals surface area contributed by atoms with Gasteiger partial charge in [0.25, 0.3) is 5.91 Å². The maximum atomic E-state index is 13.4. The quantitative estimate of drug-likeness (QED) is 0.559. The summed E-state index contributed by atoms with van der Waals surface area (Å²) in [6.45, 7) is 6.20. The molecule has 2 aliphatic heterocycles. The zero-order valence-electron chi connectivity index (χ0n) is 20.6. The molecule has 3 fully saturated rings. The number of carbonyl (C=O) groups excluding carboxylic acids is 1. The maximum absolute atomic E-state index is 13.4. The Morgan fingerprint density at radius 1 is 1.03 bits per heavy atom. The third-order valence-electron chi connectivity index (χ3n) is 7.63. The number of sulfonamides is 1. The predicted octanol–water partition coefficient (Wildman–Crippen LogP) is 3.26. The van der Waals surface area contributed by atoms with Crippen LogP contribution in [0.4, 0.5) is 0 Å². The number of nitrogens with zero attached hydrogens (tertiary/aromatic N) is 2. The largest absolute Gasteiger partial charge is 0.486 e. The van der Waals surface area contributed by atoms with Gasteiger partial charge in [-0.05, 0) is 60.4 Å². The summed E-state index contributed by atoms with van der Waals surface area (Å²) in [5.74, 6) is 1.68. The number of aryl methyl sites for hydroxylation is 2. The second kappa shape index (κ2) is 9.56. The summed E-state index contributed by atoms with van der Waals surface area (Å²) < 4.78 is 39.3. The van der Waals surface area contributed by atoms with E-state index in [1.807, 2.05) is 43.3 Å². The highest BCUT2D eigenvalue weighted by Crippen LogP contribution is 2.46.